The van der Waals surface area contributed by atoms with Crippen LogP contribution in [0.15, 0.2) is 35.0 Å². The van der Waals surface area contributed by atoms with Gasteiger partial charge in [0.15, 0.2) is 6.29 Å². The molecule has 1 N–H and O–H groups in total. The molecule has 2 nitrogen and oxygen atoms in total. The highest BCUT2D eigenvalue weighted by Crippen LogP contribution is 2.32. The van der Waals surface area contributed by atoms with Gasteiger partial charge in [-0.2, -0.15) is 11.3 Å². The summed E-state index contributed by atoms with van der Waals surface area (Å²) in [5.74, 6) is 0.0564. The molecule has 2 aromatic rings. The predicted molar refractivity (Wildman–Crippen MR) is 56.8 cm³/mol. The average molecular weight is 204 g/mol. The Morgan fingerprint density at radius 3 is 2.79 bits per heavy atom. The molecular formula is C11H8O2S. The average Bonchev–Trinajstić information content (AvgIpc) is 2.71. The van der Waals surface area contributed by atoms with E-state index in [9.17, 15) is 9.90 Å². The number of phenols is 1. The molecule has 0 unspecified atom stereocenters. The molecule has 0 fully saturated rings. The van der Waals surface area contributed by atoms with Crippen LogP contribution in [0, 0.1) is 0 Å². The monoisotopic (exact) mass is 204 g/mol. The van der Waals surface area contributed by atoms with Gasteiger partial charge in [-0.05, 0) is 28.5 Å². The maximum absolute atomic E-state index is 10.6. The number of phenolic OH excluding ortho intramolecular Hbond substituents is 1. The van der Waals surface area contributed by atoms with E-state index >= 15 is 0 Å². The van der Waals surface area contributed by atoms with Crippen LogP contribution in [-0.2, 0) is 0 Å². The molecule has 0 amide bonds. The predicted octanol–water partition coefficient (Wildman–Crippen LogP) is 2.93. The summed E-state index contributed by atoms with van der Waals surface area (Å²) in [4.78, 5) is 10.6. The third-order valence-electron chi connectivity index (χ3n) is 2.03. The van der Waals surface area contributed by atoms with E-state index in [1.807, 2.05) is 16.8 Å². The Morgan fingerprint density at radius 2 is 2.14 bits per heavy atom. The van der Waals surface area contributed by atoms with Crippen LogP contribution in [0.3, 0.4) is 0 Å². The first kappa shape index (κ1) is 8.97. The highest BCUT2D eigenvalue weighted by molar-refractivity contribution is 7.08. The van der Waals surface area contributed by atoms with Crippen molar-refractivity contribution < 1.29 is 9.90 Å². The van der Waals surface area contributed by atoms with Gasteiger partial charge in [0.25, 0.3) is 0 Å². The van der Waals surface area contributed by atoms with Crippen molar-refractivity contribution >= 4 is 17.6 Å². The fourth-order valence-electron chi connectivity index (χ4n) is 1.31. The standard InChI is InChI=1S/C11H8O2S/c12-6-8-2-1-3-10(11(8)13)9-4-5-14-7-9/h1-7,13H. The largest absolute Gasteiger partial charge is 0.507 e. The second-order valence-electron chi connectivity index (χ2n) is 2.87. The molecule has 0 radical (unpaired) electrons. The topological polar surface area (TPSA) is 37.3 Å². The highest BCUT2D eigenvalue weighted by Gasteiger charge is 2.07. The number of thiophene rings is 1. The van der Waals surface area contributed by atoms with Gasteiger partial charge in [0.1, 0.15) is 5.75 Å². The summed E-state index contributed by atoms with van der Waals surface area (Å²) in [6.45, 7) is 0. The van der Waals surface area contributed by atoms with E-state index in [1.165, 1.54) is 0 Å². The van der Waals surface area contributed by atoms with Crippen molar-refractivity contribution in [2.75, 3.05) is 0 Å². The number of benzene rings is 1. The van der Waals surface area contributed by atoms with Crippen LogP contribution in [-0.4, -0.2) is 11.4 Å². The Balaban J connectivity index is 2.60. The van der Waals surface area contributed by atoms with Crippen LogP contribution in [0.1, 0.15) is 10.4 Å². The lowest BCUT2D eigenvalue weighted by Crippen LogP contribution is -1.83. The summed E-state index contributed by atoms with van der Waals surface area (Å²) in [5, 5.41) is 13.6. The molecular weight excluding hydrogens is 196 g/mol. The summed E-state index contributed by atoms with van der Waals surface area (Å²) in [5.41, 5.74) is 1.97. The lowest BCUT2D eigenvalue weighted by Gasteiger charge is -2.03. The van der Waals surface area contributed by atoms with Gasteiger partial charge in [0, 0.05) is 5.56 Å². The fraction of sp³-hybridized carbons (Fsp3) is 0. The van der Waals surface area contributed by atoms with E-state index in [0.29, 0.717) is 17.4 Å². The molecule has 3 heteroatoms. The summed E-state index contributed by atoms with van der Waals surface area (Å²) < 4.78 is 0. The van der Waals surface area contributed by atoms with Crippen molar-refractivity contribution in [3.05, 3.63) is 40.6 Å². The van der Waals surface area contributed by atoms with Gasteiger partial charge in [-0.3, -0.25) is 4.79 Å². The van der Waals surface area contributed by atoms with E-state index in [4.69, 9.17) is 0 Å². The minimum absolute atomic E-state index is 0.0564. The van der Waals surface area contributed by atoms with Crippen molar-refractivity contribution in [3.63, 3.8) is 0 Å². The summed E-state index contributed by atoms with van der Waals surface area (Å²) in [7, 11) is 0. The van der Waals surface area contributed by atoms with E-state index in [0.717, 1.165) is 5.56 Å². The van der Waals surface area contributed by atoms with Crippen molar-refractivity contribution in [2.45, 2.75) is 0 Å². The van der Waals surface area contributed by atoms with Crippen LogP contribution in [0.5, 0.6) is 5.75 Å². The first-order chi connectivity index (χ1) is 6.83. The quantitative estimate of drug-likeness (QED) is 0.763. The third kappa shape index (κ3) is 1.42. The zero-order valence-electron chi connectivity index (χ0n) is 7.31. The second kappa shape index (κ2) is 3.64. The van der Waals surface area contributed by atoms with Gasteiger partial charge in [-0.1, -0.05) is 12.1 Å². The molecule has 0 aliphatic rings. The van der Waals surface area contributed by atoms with Crippen LogP contribution < -0.4 is 0 Å². The molecule has 1 aromatic heterocycles. The zero-order chi connectivity index (χ0) is 9.97. The van der Waals surface area contributed by atoms with Crippen LogP contribution in [0.4, 0.5) is 0 Å². The minimum atomic E-state index is 0.0564. The van der Waals surface area contributed by atoms with Crippen LogP contribution in [0.2, 0.25) is 0 Å². The molecule has 0 bridgehead atoms. The molecule has 0 spiro atoms. The number of hydrogen-bond acceptors (Lipinski definition) is 3. The van der Waals surface area contributed by atoms with E-state index < -0.39 is 0 Å². The molecule has 0 atom stereocenters. The second-order valence-corrected chi connectivity index (χ2v) is 3.65. The Labute approximate surface area is 85.4 Å². The van der Waals surface area contributed by atoms with Crippen molar-refractivity contribution in [1.82, 2.24) is 0 Å². The third-order valence-corrected chi connectivity index (χ3v) is 2.71. The Bertz CT molecular complexity index is 446. The number of carbonyl (C=O) groups excluding carboxylic acids is 1. The molecule has 0 aliphatic carbocycles. The molecule has 1 heterocycles. The van der Waals surface area contributed by atoms with Gasteiger partial charge in [0.05, 0.1) is 5.56 Å². The van der Waals surface area contributed by atoms with Gasteiger partial charge >= 0.3 is 0 Å². The highest BCUT2D eigenvalue weighted by atomic mass is 32.1. The van der Waals surface area contributed by atoms with E-state index in [1.54, 1.807) is 29.5 Å². The summed E-state index contributed by atoms with van der Waals surface area (Å²) >= 11 is 1.56. The molecule has 0 saturated heterocycles. The van der Waals surface area contributed by atoms with Gasteiger partial charge < -0.3 is 5.11 Å². The van der Waals surface area contributed by atoms with Crippen LogP contribution >= 0.6 is 11.3 Å². The minimum Gasteiger partial charge on any atom is -0.507 e. The lowest BCUT2D eigenvalue weighted by molar-refractivity contribution is 0.112. The lowest BCUT2D eigenvalue weighted by atomic mass is 10.0. The Morgan fingerprint density at radius 1 is 1.29 bits per heavy atom. The Hall–Kier alpha value is -1.61. The zero-order valence-corrected chi connectivity index (χ0v) is 8.12. The molecule has 14 heavy (non-hydrogen) atoms. The maximum Gasteiger partial charge on any atom is 0.153 e. The van der Waals surface area contributed by atoms with E-state index in [-0.39, 0.29) is 5.75 Å². The number of para-hydroxylation sites is 1. The molecule has 70 valence electrons. The molecule has 0 aliphatic heterocycles. The summed E-state index contributed by atoms with van der Waals surface area (Å²) in [6, 6.07) is 7.06. The summed E-state index contributed by atoms with van der Waals surface area (Å²) in [6.07, 6.45) is 0.658. The smallest absolute Gasteiger partial charge is 0.153 e. The number of aromatic hydroxyl groups is 1. The van der Waals surface area contributed by atoms with Gasteiger partial charge in [0.2, 0.25) is 0 Å². The van der Waals surface area contributed by atoms with E-state index in [2.05, 4.69) is 0 Å². The van der Waals surface area contributed by atoms with Crippen LogP contribution in [0.25, 0.3) is 11.1 Å². The normalized spacial score (nSPS) is 10.0. The SMILES string of the molecule is O=Cc1cccc(-c2ccsc2)c1O. The molecule has 0 saturated carbocycles. The van der Waals surface area contributed by atoms with Crippen molar-refractivity contribution in [2.24, 2.45) is 0 Å². The molecule has 2 rings (SSSR count). The number of carbonyl (C=O) groups is 1. The Kier molecular flexibility index (Phi) is 2.33. The molecule has 1 aromatic carbocycles. The maximum atomic E-state index is 10.6. The first-order valence-corrected chi connectivity index (χ1v) is 5.07. The first-order valence-electron chi connectivity index (χ1n) is 4.12. The fourth-order valence-corrected chi connectivity index (χ4v) is 1.96. The van der Waals surface area contributed by atoms with Crippen molar-refractivity contribution in [1.29, 1.82) is 0 Å². The number of aldehydes is 1. The van der Waals surface area contributed by atoms with Crippen molar-refractivity contribution in [3.8, 4) is 16.9 Å². The van der Waals surface area contributed by atoms with Gasteiger partial charge in [-0.15, -0.1) is 0 Å². The van der Waals surface area contributed by atoms with Gasteiger partial charge in [-0.25, -0.2) is 0 Å². The number of hydrogen-bond donors (Lipinski definition) is 1. The number of rotatable bonds is 2.